The van der Waals surface area contributed by atoms with Gasteiger partial charge in [0.05, 0.1) is 15.7 Å². The average Bonchev–Trinajstić information content (AvgIpc) is 2.85. The molecule has 3 heteroatoms. The molecule has 2 nitrogen and oxygen atoms in total. The number of nitrogens with zero attached hydrogens (tertiary/aromatic N) is 1. The third kappa shape index (κ3) is 2.29. The van der Waals surface area contributed by atoms with E-state index in [1.165, 1.54) is 5.56 Å². The summed E-state index contributed by atoms with van der Waals surface area (Å²) in [5.41, 5.74) is 4.06. The van der Waals surface area contributed by atoms with Crippen LogP contribution in [0.25, 0.3) is 10.2 Å². The highest BCUT2D eigenvalue weighted by atomic mass is 32.1. The summed E-state index contributed by atoms with van der Waals surface area (Å²) in [6.07, 6.45) is 0. The van der Waals surface area contributed by atoms with Gasteiger partial charge in [-0.1, -0.05) is 30.3 Å². The van der Waals surface area contributed by atoms with Crippen LogP contribution >= 0.6 is 11.3 Å². The van der Waals surface area contributed by atoms with Crippen LogP contribution < -0.4 is 4.74 Å². The van der Waals surface area contributed by atoms with Crippen LogP contribution in [0.2, 0.25) is 0 Å². The SMILES string of the molecule is c1ccc(COc2ccc3ncsc3c2)cc1. The van der Waals surface area contributed by atoms with Gasteiger partial charge >= 0.3 is 0 Å². The molecule has 0 saturated carbocycles. The van der Waals surface area contributed by atoms with Crippen molar-refractivity contribution in [3.8, 4) is 5.75 Å². The van der Waals surface area contributed by atoms with Gasteiger partial charge in [0.1, 0.15) is 12.4 Å². The van der Waals surface area contributed by atoms with Gasteiger partial charge in [0.2, 0.25) is 0 Å². The number of ether oxygens (including phenoxy) is 1. The van der Waals surface area contributed by atoms with Crippen LogP contribution in [0.15, 0.2) is 54.0 Å². The van der Waals surface area contributed by atoms with Gasteiger partial charge in [-0.2, -0.15) is 0 Å². The molecule has 3 aromatic rings. The van der Waals surface area contributed by atoms with Crippen molar-refractivity contribution in [2.24, 2.45) is 0 Å². The molecule has 0 amide bonds. The van der Waals surface area contributed by atoms with E-state index in [1.54, 1.807) is 11.3 Å². The largest absolute Gasteiger partial charge is 0.489 e. The number of thiazole rings is 1. The number of benzene rings is 2. The van der Waals surface area contributed by atoms with Crippen molar-refractivity contribution in [2.45, 2.75) is 6.61 Å². The van der Waals surface area contributed by atoms with Crippen LogP contribution in [-0.2, 0) is 6.61 Å². The van der Waals surface area contributed by atoms with Crippen molar-refractivity contribution < 1.29 is 4.74 Å². The quantitative estimate of drug-likeness (QED) is 0.694. The lowest BCUT2D eigenvalue weighted by Crippen LogP contribution is -1.94. The Kier molecular flexibility index (Phi) is 2.76. The Labute approximate surface area is 104 Å². The molecular formula is C14H11NOS. The zero-order valence-electron chi connectivity index (χ0n) is 9.17. The minimum absolute atomic E-state index is 0.602. The van der Waals surface area contributed by atoms with E-state index in [-0.39, 0.29) is 0 Å². The maximum Gasteiger partial charge on any atom is 0.121 e. The molecule has 0 saturated heterocycles. The first-order valence-electron chi connectivity index (χ1n) is 5.42. The first-order chi connectivity index (χ1) is 8.42. The molecule has 0 radical (unpaired) electrons. The van der Waals surface area contributed by atoms with Crippen LogP contribution in [0, 0.1) is 0 Å². The molecule has 0 N–H and O–H groups in total. The van der Waals surface area contributed by atoms with Gasteiger partial charge in [-0.3, -0.25) is 0 Å². The summed E-state index contributed by atoms with van der Waals surface area (Å²) in [5.74, 6) is 0.894. The molecular weight excluding hydrogens is 230 g/mol. The first-order valence-corrected chi connectivity index (χ1v) is 6.30. The number of hydrogen-bond acceptors (Lipinski definition) is 3. The molecule has 1 aromatic heterocycles. The van der Waals surface area contributed by atoms with Gasteiger partial charge in [0.15, 0.2) is 0 Å². The van der Waals surface area contributed by atoms with Gasteiger partial charge in [0.25, 0.3) is 0 Å². The van der Waals surface area contributed by atoms with Crippen LogP contribution in [0.1, 0.15) is 5.56 Å². The molecule has 17 heavy (non-hydrogen) atoms. The van der Waals surface area contributed by atoms with Crippen molar-refractivity contribution in [3.63, 3.8) is 0 Å². The fourth-order valence-electron chi connectivity index (χ4n) is 1.67. The highest BCUT2D eigenvalue weighted by Crippen LogP contribution is 2.23. The fourth-order valence-corrected chi connectivity index (χ4v) is 2.37. The second kappa shape index (κ2) is 4.55. The van der Waals surface area contributed by atoms with E-state index >= 15 is 0 Å². The molecule has 2 aromatic carbocycles. The van der Waals surface area contributed by atoms with Crippen molar-refractivity contribution in [3.05, 3.63) is 59.6 Å². The summed E-state index contributed by atoms with van der Waals surface area (Å²) >= 11 is 1.63. The number of rotatable bonds is 3. The molecule has 0 aliphatic carbocycles. The van der Waals surface area contributed by atoms with E-state index in [0.717, 1.165) is 16.0 Å². The Morgan fingerprint density at radius 1 is 1.06 bits per heavy atom. The Hall–Kier alpha value is -1.87. The lowest BCUT2D eigenvalue weighted by molar-refractivity contribution is 0.306. The zero-order chi connectivity index (χ0) is 11.5. The fraction of sp³-hybridized carbons (Fsp3) is 0.0714. The minimum atomic E-state index is 0.602. The third-order valence-corrected chi connectivity index (χ3v) is 3.34. The van der Waals surface area contributed by atoms with Crippen molar-refractivity contribution in [1.82, 2.24) is 4.98 Å². The third-order valence-electron chi connectivity index (χ3n) is 2.55. The number of hydrogen-bond donors (Lipinski definition) is 0. The van der Waals surface area contributed by atoms with Gasteiger partial charge < -0.3 is 4.74 Å². The van der Waals surface area contributed by atoms with Gasteiger partial charge in [-0.15, -0.1) is 11.3 Å². The van der Waals surface area contributed by atoms with E-state index < -0.39 is 0 Å². The van der Waals surface area contributed by atoms with E-state index in [9.17, 15) is 0 Å². The molecule has 3 rings (SSSR count). The van der Waals surface area contributed by atoms with E-state index in [4.69, 9.17) is 4.74 Å². The predicted molar refractivity (Wildman–Crippen MR) is 70.4 cm³/mol. The second-order valence-corrected chi connectivity index (χ2v) is 4.64. The highest BCUT2D eigenvalue weighted by Gasteiger charge is 2.00. The van der Waals surface area contributed by atoms with Crippen molar-refractivity contribution >= 4 is 21.6 Å². The van der Waals surface area contributed by atoms with Gasteiger partial charge in [0, 0.05) is 0 Å². The lowest BCUT2D eigenvalue weighted by Gasteiger charge is -2.05. The average molecular weight is 241 g/mol. The van der Waals surface area contributed by atoms with Gasteiger partial charge in [-0.05, 0) is 23.8 Å². The standard InChI is InChI=1S/C14H11NOS/c1-2-4-11(5-3-1)9-16-12-6-7-13-14(8-12)17-10-15-13/h1-8,10H,9H2. The maximum absolute atomic E-state index is 5.75. The van der Waals surface area contributed by atoms with Crippen LogP contribution in [-0.4, -0.2) is 4.98 Å². The topological polar surface area (TPSA) is 22.1 Å². The second-order valence-electron chi connectivity index (χ2n) is 3.76. The Bertz CT molecular complexity index is 618. The minimum Gasteiger partial charge on any atom is -0.489 e. The van der Waals surface area contributed by atoms with E-state index in [1.807, 2.05) is 41.9 Å². The molecule has 0 bridgehead atoms. The number of aromatic nitrogens is 1. The first kappa shape index (κ1) is 10.3. The Morgan fingerprint density at radius 2 is 1.94 bits per heavy atom. The van der Waals surface area contributed by atoms with Crippen LogP contribution in [0.5, 0.6) is 5.75 Å². The van der Waals surface area contributed by atoms with Crippen LogP contribution in [0.3, 0.4) is 0 Å². The molecule has 84 valence electrons. The summed E-state index contributed by atoms with van der Waals surface area (Å²) in [4.78, 5) is 4.24. The smallest absolute Gasteiger partial charge is 0.121 e. The zero-order valence-corrected chi connectivity index (χ0v) is 9.98. The number of fused-ring (bicyclic) bond motifs is 1. The lowest BCUT2D eigenvalue weighted by atomic mass is 10.2. The van der Waals surface area contributed by atoms with Crippen molar-refractivity contribution in [2.75, 3.05) is 0 Å². The maximum atomic E-state index is 5.75. The summed E-state index contributed by atoms with van der Waals surface area (Å²) < 4.78 is 6.91. The Morgan fingerprint density at radius 3 is 2.82 bits per heavy atom. The highest BCUT2D eigenvalue weighted by molar-refractivity contribution is 7.16. The molecule has 1 heterocycles. The normalized spacial score (nSPS) is 10.6. The molecule has 0 spiro atoms. The molecule has 0 unspecified atom stereocenters. The molecule has 0 aliphatic heterocycles. The van der Waals surface area contributed by atoms with Crippen LogP contribution in [0.4, 0.5) is 0 Å². The molecule has 0 fully saturated rings. The summed E-state index contributed by atoms with van der Waals surface area (Å²) in [6.45, 7) is 0.602. The van der Waals surface area contributed by atoms with Crippen molar-refractivity contribution in [1.29, 1.82) is 0 Å². The predicted octanol–water partition coefficient (Wildman–Crippen LogP) is 3.88. The van der Waals surface area contributed by atoms with E-state index in [0.29, 0.717) is 6.61 Å². The molecule has 0 aliphatic rings. The summed E-state index contributed by atoms with van der Waals surface area (Å²) in [7, 11) is 0. The monoisotopic (exact) mass is 241 g/mol. The van der Waals surface area contributed by atoms with Gasteiger partial charge in [-0.25, -0.2) is 4.98 Å². The Balaban J connectivity index is 1.76. The van der Waals surface area contributed by atoms with E-state index in [2.05, 4.69) is 17.1 Å². The summed E-state index contributed by atoms with van der Waals surface area (Å²) in [6, 6.07) is 16.2. The summed E-state index contributed by atoms with van der Waals surface area (Å²) in [5, 5.41) is 0. The molecule has 0 atom stereocenters.